The van der Waals surface area contributed by atoms with Crippen molar-refractivity contribution in [2.75, 3.05) is 0 Å². The zero-order chi connectivity index (χ0) is 12.5. The van der Waals surface area contributed by atoms with Gasteiger partial charge in [0.1, 0.15) is 0 Å². The summed E-state index contributed by atoms with van der Waals surface area (Å²) in [7, 11) is 0. The molecule has 0 spiro atoms. The number of benzene rings is 1. The number of hydrogen-bond acceptors (Lipinski definition) is 2. The minimum Gasteiger partial charge on any atom is -0.325 e. The first-order valence-electron chi connectivity index (χ1n) is 4.93. The van der Waals surface area contributed by atoms with Gasteiger partial charge in [0, 0.05) is 18.4 Å². The van der Waals surface area contributed by atoms with Crippen LogP contribution >= 0.6 is 0 Å². The Morgan fingerprint density at radius 2 is 1.82 bits per heavy atom. The van der Waals surface area contributed by atoms with Crippen LogP contribution in [0.5, 0.6) is 0 Å². The van der Waals surface area contributed by atoms with Crippen LogP contribution in [-0.4, -0.2) is 9.55 Å². The minimum atomic E-state index is -4.50. The Morgan fingerprint density at radius 1 is 1.18 bits per heavy atom. The number of imidazole rings is 1. The molecular weight excluding hydrogens is 231 g/mol. The molecule has 2 rings (SSSR count). The number of hydrogen-bond donors (Lipinski definition) is 1. The Kier molecular flexibility index (Phi) is 2.89. The topological polar surface area (TPSA) is 43.8 Å². The molecule has 1 aromatic carbocycles. The second-order valence-corrected chi connectivity index (χ2v) is 3.46. The van der Waals surface area contributed by atoms with Crippen molar-refractivity contribution in [3.05, 3.63) is 48.0 Å². The fourth-order valence-corrected chi connectivity index (χ4v) is 1.51. The highest BCUT2D eigenvalue weighted by atomic mass is 19.4. The number of aromatic nitrogens is 2. The average Bonchev–Trinajstić information content (AvgIpc) is 2.74. The van der Waals surface area contributed by atoms with Crippen molar-refractivity contribution in [3.63, 3.8) is 0 Å². The molecule has 1 heterocycles. The van der Waals surface area contributed by atoms with Crippen LogP contribution in [0.25, 0.3) is 5.69 Å². The number of para-hydroxylation sites is 1. The van der Waals surface area contributed by atoms with Gasteiger partial charge in [-0.1, -0.05) is 18.2 Å². The van der Waals surface area contributed by atoms with Crippen LogP contribution in [0.2, 0.25) is 0 Å². The van der Waals surface area contributed by atoms with Gasteiger partial charge in [-0.3, -0.25) is 4.57 Å². The van der Waals surface area contributed by atoms with E-state index in [1.165, 1.54) is 6.20 Å². The fraction of sp³-hybridized carbons (Fsp3) is 0.182. The van der Waals surface area contributed by atoms with Crippen LogP contribution < -0.4 is 5.73 Å². The van der Waals surface area contributed by atoms with E-state index in [9.17, 15) is 13.2 Å². The molecule has 0 unspecified atom stereocenters. The summed E-state index contributed by atoms with van der Waals surface area (Å²) in [5.74, 6) is -0.954. The van der Waals surface area contributed by atoms with Gasteiger partial charge in [0.05, 0.1) is 5.69 Å². The summed E-state index contributed by atoms with van der Waals surface area (Å²) in [6, 6.07) is 8.22. The first kappa shape index (κ1) is 11.7. The van der Waals surface area contributed by atoms with E-state index >= 15 is 0 Å². The van der Waals surface area contributed by atoms with E-state index in [0.717, 1.165) is 4.57 Å². The minimum absolute atomic E-state index is 0.0249. The summed E-state index contributed by atoms with van der Waals surface area (Å²) in [6.45, 7) is -0.0249. The van der Waals surface area contributed by atoms with E-state index in [0.29, 0.717) is 5.69 Å². The third-order valence-electron chi connectivity index (χ3n) is 2.25. The zero-order valence-corrected chi connectivity index (χ0v) is 8.78. The molecule has 0 saturated carbocycles. The summed E-state index contributed by atoms with van der Waals surface area (Å²) < 4.78 is 39.3. The molecule has 1 aromatic heterocycles. The Bertz CT molecular complexity index is 502. The van der Waals surface area contributed by atoms with Crippen LogP contribution in [-0.2, 0) is 12.7 Å². The highest BCUT2D eigenvalue weighted by molar-refractivity contribution is 5.34. The SMILES string of the molecule is NCc1cn(-c2ccccc2)c(C(F)(F)F)n1. The molecule has 0 aliphatic heterocycles. The van der Waals surface area contributed by atoms with Crippen LogP contribution in [0.4, 0.5) is 13.2 Å². The molecule has 0 amide bonds. The Morgan fingerprint density at radius 3 is 2.35 bits per heavy atom. The van der Waals surface area contributed by atoms with Crippen molar-refractivity contribution in [1.82, 2.24) is 9.55 Å². The van der Waals surface area contributed by atoms with Gasteiger partial charge in [-0.05, 0) is 12.1 Å². The number of halogens is 3. The third-order valence-corrected chi connectivity index (χ3v) is 2.25. The van der Waals surface area contributed by atoms with E-state index in [1.807, 2.05) is 0 Å². The van der Waals surface area contributed by atoms with Crippen molar-refractivity contribution in [3.8, 4) is 5.69 Å². The largest absolute Gasteiger partial charge is 0.450 e. The first-order chi connectivity index (χ1) is 8.02. The van der Waals surface area contributed by atoms with Crippen LogP contribution in [0.15, 0.2) is 36.5 Å². The molecule has 2 aromatic rings. The highest BCUT2D eigenvalue weighted by Gasteiger charge is 2.37. The van der Waals surface area contributed by atoms with Crippen molar-refractivity contribution < 1.29 is 13.2 Å². The lowest BCUT2D eigenvalue weighted by molar-refractivity contribution is -0.146. The smallest absolute Gasteiger partial charge is 0.325 e. The van der Waals surface area contributed by atoms with Crippen molar-refractivity contribution in [1.29, 1.82) is 0 Å². The molecule has 0 aliphatic carbocycles. The van der Waals surface area contributed by atoms with E-state index in [1.54, 1.807) is 30.3 Å². The van der Waals surface area contributed by atoms with Crippen LogP contribution in [0, 0.1) is 0 Å². The Balaban J connectivity index is 2.57. The monoisotopic (exact) mass is 241 g/mol. The van der Waals surface area contributed by atoms with Gasteiger partial charge in [-0.2, -0.15) is 13.2 Å². The number of rotatable bonds is 2. The lowest BCUT2D eigenvalue weighted by Gasteiger charge is -2.09. The second-order valence-electron chi connectivity index (χ2n) is 3.46. The quantitative estimate of drug-likeness (QED) is 0.877. The molecule has 0 bridgehead atoms. The Hall–Kier alpha value is -1.82. The van der Waals surface area contributed by atoms with Crippen molar-refractivity contribution >= 4 is 0 Å². The first-order valence-corrected chi connectivity index (χ1v) is 4.93. The molecule has 90 valence electrons. The van der Waals surface area contributed by atoms with Crippen molar-refractivity contribution in [2.24, 2.45) is 5.73 Å². The van der Waals surface area contributed by atoms with Gasteiger partial charge in [0.2, 0.25) is 5.82 Å². The van der Waals surface area contributed by atoms with E-state index in [4.69, 9.17) is 5.73 Å². The van der Waals surface area contributed by atoms with Gasteiger partial charge >= 0.3 is 6.18 Å². The molecular formula is C11H10F3N3. The van der Waals surface area contributed by atoms with Gasteiger partial charge < -0.3 is 5.73 Å². The van der Waals surface area contributed by atoms with Gasteiger partial charge in [0.25, 0.3) is 0 Å². The molecule has 6 heteroatoms. The number of alkyl halides is 3. The van der Waals surface area contributed by atoms with Gasteiger partial charge in [-0.15, -0.1) is 0 Å². The summed E-state index contributed by atoms with van der Waals surface area (Å²) in [5, 5.41) is 0. The molecule has 17 heavy (non-hydrogen) atoms. The molecule has 2 N–H and O–H groups in total. The van der Waals surface area contributed by atoms with Gasteiger partial charge in [-0.25, -0.2) is 4.98 Å². The van der Waals surface area contributed by atoms with Crippen LogP contribution in [0.3, 0.4) is 0 Å². The fourth-order valence-electron chi connectivity index (χ4n) is 1.51. The number of nitrogens with two attached hydrogens (primary N) is 1. The molecule has 0 atom stereocenters. The normalized spacial score (nSPS) is 11.8. The maximum atomic E-state index is 12.8. The predicted octanol–water partition coefficient (Wildman–Crippen LogP) is 2.35. The van der Waals surface area contributed by atoms with Crippen LogP contribution in [0.1, 0.15) is 11.5 Å². The second kappa shape index (κ2) is 4.21. The van der Waals surface area contributed by atoms with E-state index < -0.39 is 12.0 Å². The number of nitrogens with zero attached hydrogens (tertiary/aromatic N) is 2. The van der Waals surface area contributed by atoms with Crippen molar-refractivity contribution in [2.45, 2.75) is 12.7 Å². The maximum absolute atomic E-state index is 12.8. The summed E-state index contributed by atoms with van der Waals surface area (Å²) in [6.07, 6.45) is -3.19. The molecule has 0 saturated heterocycles. The van der Waals surface area contributed by atoms with E-state index in [2.05, 4.69) is 4.98 Å². The van der Waals surface area contributed by atoms with E-state index in [-0.39, 0.29) is 12.2 Å². The average molecular weight is 241 g/mol. The Labute approximate surface area is 95.7 Å². The van der Waals surface area contributed by atoms with Gasteiger partial charge in [0.15, 0.2) is 0 Å². The summed E-state index contributed by atoms with van der Waals surface area (Å²) in [4.78, 5) is 3.49. The lowest BCUT2D eigenvalue weighted by atomic mass is 10.3. The lowest BCUT2D eigenvalue weighted by Crippen LogP contribution is -2.13. The predicted molar refractivity (Wildman–Crippen MR) is 56.5 cm³/mol. The third kappa shape index (κ3) is 2.31. The highest BCUT2D eigenvalue weighted by Crippen LogP contribution is 2.30. The maximum Gasteiger partial charge on any atom is 0.450 e. The zero-order valence-electron chi connectivity index (χ0n) is 8.78. The molecule has 3 nitrogen and oxygen atoms in total. The standard InChI is InChI=1S/C11H10F3N3/c12-11(13,14)10-16-8(6-15)7-17(10)9-4-2-1-3-5-9/h1-5,7H,6,15H2. The summed E-state index contributed by atoms with van der Waals surface area (Å²) in [5.41, 5.74) is 5.93. The molecule has 0 fully saturated rings. The molecule has 0 radical (unpaired) electrons. The summed E-state index contributed by atoms with van der Waals surface area (Å²) >= 11 is 0. The molecule has 0 aliphatic rings.